The van der Waals surface area contributed by atoms with E-state index in [1.165, 1.54) is 0 Å². The zero-order valence-electron chi connectivity index (χ0n) is 22.3. The van der Waals surface area contributed by atoms with Gasteiger partial charge in [-0.2, -0.15) is 0 Å². The minimum atomic E-state index is -0.355. The Hall–Kier alpha value is -4.06. The monoisotopic (exact) mass is 543 g/mol. The van der Waals surface area contributed by atoms with Crippen LogP contribution >= 0.6 is 0 Å². The second-order valence-corrected chi connectivity index (χ2v) is 9.98. The summed E-state index contributed by atoms with van der Waals surface area (Å²) in [6.45, 7) is 8.52. The third kappa shape index (κ3) is 5.76. The highest BCUT2D eigenvalue weighted by Crippen LogP contribution is 2.30. The Kier molecular flexibility index (Phi) is 7.85. The SMILES string of the molecule is O=C(Nc1cnccc1N1CCNCC1)c1cccc(N2Cc3ccc(OCCN4CCOCC4)cc3C2=O)n1. The first-order valence-corrected chi connectivity index (χ1v) is 13.7. The predicted octanol–water partition coefficient (Wildman–Crippen LogP) is 2.01. The minimum Gasteiger partial charge on any atom is -0.492 e. The molecule has 0 spiro atoms. The molecule has 3 aliphatic rings. The number of benzene rings is 1. The molecule has 2 N–H and O–H groups in total. The molecular weight excluding hydrogens is 510 g/mol. The van der Waals surface area contributed by atoms with E-state index in [4.69, 9.17) is 9.47 Å². The summed E-state index contributed by atoms with van der Waals surface area (Å²) in [6.07, 6.45) is 3.38. The van der Waals surface area contributed by atoms with Crippen molar-refractivity contribution in [3.63, 3.8) is 0 Å². The topological polar surface area (TPSA) is 112 Å². The quantitative estimate of drug-likeness (QED) is 0.441. The van der Waals surface area contributed by atoms with Gasteiger partial charge in [-0.3, -0.25) is 24.4 Å². The van der Waals surface area contributed by atoms with Gasteiger partial charge in [0.25, 0.3) is 11.8 Å². The molecule has 2 saturated heterocycles. The molecule has 0 atom stereocenters. The number of hydrogen-bond donors (Lipinski definition) is 2. The Morgan fingerprint density at radius 1 is 1.07 bits per heavy atom. The van der Waals surface area contributed by atoms with Crippen molar-refractivity contribution in [2.24, 2.45) is 0 Å². The number of aromatic nitrogens is 2. The van der Waals surface area contributed by atoms with Gasteiger partial charge in [0.15, 0.2) is 0 Å². The number of pyridine rings is 2. The maximum Gasteiger partial charge on any atom is 0.274 e. The van der Waals surface area contributed by atoms with E-state index in [0.717, 1.165) is 70.3 Å². The van der Waals surface area contributed by atoms with Crippen LogP contribution in [0.2, 0.25) is 0 Å². The number of amides is 2. The highest BCUT2D eigenvalue weighted by Gasteiger charge is 2.30. The van der Waals surface area contributed by atoms with Crippen LogP contribution in [0.1, 0.15) is 26.4 Å². The van der Waals surface area contributed by atoms with E-state index in [-0.39, 0.29) is 17.5 Å². The normalized spacial score (nSPS) is 17.6. The molecule has 11 heteroatoms. The summed E-state index contributed by atoms with van der Waals surface area (Å²) in [5, 5.41) is 6.30. The second kappa shape index (κ2) is 12.0. The molecule has 40 heavy (non-hydrogen) atoms. The van der Waals surface area contributed by atoms with Gasteiger partial charge in [-0.25, -0.2) is 4.98 Å². The lowest BCUT2D eigenvalue weighted by Crippen LogP contribution is -2.43. The number of piperazine rings is 1. The first-order chi connectivity index (χ1) is 19.7. The number of hydrogen-bond acceptors (Lipinski definition) is 9. The van der Waals surface area contributed by atoms with Gasteiger partial charge < -0.3 is 25.0 Å². The standard InChI is InChI=1S/C29H33N7O4/c37-28(33-25-19-31-7-6-26(25)35-10-8-30-9-11-35)24-2-1-3-27(32-24)36-20-21-4-5-22(18-23(21)29(36)38)40-17-14-34-12-15-39-16-13-34/h1-7,18-19,30H,8-17,20H2,(H,33,37). The fourth-order valence-corrected chi connectivity index (χ4v) is 5.22. The van der Waals surface area contributed by atoms with Crippen LogP contribution in [0.4, 0.5) is 17.2 Å². The molecular formula is C29H33N7O4. The van der Waals surface area contributed by atoms with E-state index >= 15 is 0 Å². The number of nitrogens with zero attached hydrogens (tertiary/aromatic N) is 5. The first-order valence-electron chi connectivity index (χ1n) is 13.7. The van der Waals surface area contributed by atoms with Gasteiger partial charge in [0.2, 0.25) is 0 Å². The lowest BCUT2D eigenvalue weighted by atomic mass is 10.1. The largest absolute Gasteiger partial charge is 0.492 e. The molecule has 6 rings (SSSR count). The molecule has 3 aromatic rings. The maximum absolute atomic E-state index is 13.4. The molecule has 2 fully saturated rings. The molecule has 0 aliphatic carbocycles. The van der Waals surface area contributed by atoms with Gasteiger partial charge in [-0.05, 0) is 35.9 Å². The number of ether oxygens (including phenoxy) is 2. The minimum absolute atomic E-state index is 0.160. The summed E-state index contributed by atoms with van der Waals surface area (Å²) in [4.78, 5) is 41.4. The molecule has 5 heterocycles. The fourth-order valence-electron chi connectivity index (χ4n) is 5.22. The highest BCUT2D eigenvalue weighted by atomic mass is 16.5. The molecule has 1 aromatic carbocycles. The van der Waals surface area contributed by atoms with Crippen LogP contribution in [0, 0.1) is 0 Å². The van der Waals surface area contributed by atoms with Crippen molar-refractivity contribution < 1.29 is 19.1 Å². The van der Waals surface area contributed by atoms with Gasteiger partial charge in [0.05, 0.1) is 37.3 Å². The zero-order chi connectivity index (χ0) is 27.3. The number of anilines is 3. The van der Waals surface area contributed by atoms with Crippen molar-refractivity contribution >= 4 is 29.0 Å². The van der Waals surface area contributed by atoms with Crippen LogP contribution in [0.25, 0.3) is 0 Å². The second-order valence-electron chi connectivity index (χ2n) is 9.98. The zero-order valence-corrected chi connectivity index (χ0v) is 22.3. The van der Waals surface area contributed by atoms with Gasteiger partial charge >= 0.3 is 0 Å². The van der Waals surface area contributed by atoms with Crippen molar-refractivity contribution in [1.29, 1.82) is 0 Å². The molecule has 3 aliphatic heterocycles. The Bertz CT molecular complexity index is 1370. The van der Waals surface area contributed by atoms with Crippen LogP contribution in [-0.4, -0.2) is 92.3 Å². The van der Waals surface area contributed by atoms with Gasteiger partial charge in [-0.15, -0.1) is 0 Å². The van der Waals surface area contributed by atoms with Gasteiger partial charge in [0.1, 0.15) is 23.9 Å². The van der Waals surface area contributed by atoms with Crippen LogP contribution in [-0.2, 0) is 11.3 Å². The number of carbonyl (C=O) groups is 2. The van der Waals surface area contributed by atoms with E-state index in [1.807, 2.05) is 18.2 Å². The lowest BCUT2D eigenvalue weighted by Gasteiger charge is -2.30. The van der Waals surface area contributed by atoms with Crippen molar-refractivity contribution in [3.05, 3.63) is 71.7 Å². The molecule has 0 radical (unpaired) electrons. The average molecular weight is 544 g/mol. The van der Waals surface area contributed by atoms with Crippen LogP contribution in [0.3, 0.4) is 0 Å². The first kappa shape index (κ1) is 26.2. The van der Waals surface area contributed by atoms with E-state index in [0.29, 0.717) is 36.0 Å². The Labute approximate surface area is 233 Å². The molecule has 11 nitrogen and oxygen atoms in total. The fraction of sp³-hybridized carbons (Fsp3) is 0.379. The Morgan fingerprint density at radius 2 is 1.93 bits per heavy atom. The molecule has 208 valence electrons. The summed E-state index contributed by atoms with van der Waals surface area (Å²) < 4.78 is 11.3. The summed E-state index contributed by atoms with van der Waals surface area (Å²) in [7, 11) is 0. The summed E-state index contributed by atoms with van der Waals surface area (Å²) in [5.74, 6) is 0.579. The highest BCUT2D eigenvalue weighted by molar-refractivity contribution is 6.10. The van der Waals surface area contributed by atoms with Crippen molar-refractivity contribution in [1.82, 2.24) is 20.2 Å². The summed E-state index contributed by atoms with van der Waals surface area (Å²) in [5.41, 5.74) is 3.28. The molecule has 0 bridgehead atoms. The van der Waals surface area contributed by atoms with Crippen LogP contribution < -0.4 is 25.2 Å². The Morgan fingerprint density at radius 3 is 2.77 bits per heavy atom. The average Bonchev–Trinajstić information content (AvgIpc) is 3.34. The molecule has 2 aromatic heterocycles. The van der Waals surface area contributed by atoms with Crippen molar-refractivity contribution in [2.45, 2.75) is 6.54 Å². The number of morpholine rings is 1. The third-order valence-corrected chi connectivity index (χ3v) is 7.41. The van der Waals surface area contributed by atoms with E-state index in [2.05, 4.69) is 30.4 Å². The number of fused-ring (bicyclic) bond motifs is 1. The van der Waals surface area contributed by atoms with E-state index in [9.17, 15) is 9.59 Å². The van der Waals surface area contributed by atoms with Crippen LogP contribution in [0.5, 0.6) is 5.75 Å². The van der Waals surface area contributed by atoms with Gasteiger partial charge in [-0.1, -0.05) is 12.1 Å². The Balaban J connectivity index is 1.12. The van der Waals surface area contributed by atoms with Crippen LogP contribution in [0.15, 0.2) is 54.9 Å². The number of carbonyl (C=O) groups excluding carboxylic acids is 2. The molecule has 2 amide bonds. The maximum atomic E-state index is 13.4. The lowest BCUT2D eigenvalue weighted by molar-refractivity contribution is 0.0322. The molecule has 0 unspecified atom stereocenters. The molecule has 0 saturated carbocycles. The number of rotatable bonds is 8. The third-order valence-electron chi connectivity index (χ3n) is 7.41. The number of nitrogens with one attached hydrogen (secondary N) is 2. The van der Waals surface area contributed by atoms with E-state index < -0.39 is 0 Å². The summed E-state index contributed by atoms with van der Waals surface area (Å²) >= 11 is 0. The van der Waals surface area contributed by atoms with Crippen molar-refractivity contribution in [3.8, 4) is 5.75 Å². The van der Waals surface area contributed by atoms with Gasteiger partial charge in [0, 0.05) is 57.6 Å². The van der Waals surface area contributed by atoms with Crippen molar-refractivity contribution in [2.75, 3.05) is 80.8 Å². The summed E-state index contributed by atoms with van der Waals surface area (Å²) in [6, 6.07) is 12.7. The predicted molar refractivity (Wildman–Crippen MR) is 151 cm³/mol. The van der Waals surface area contributed by atoms with E-state index in [1.54, 1.807) is 41.6 Å². The smallest absolute Gasteiger partial charge is 0.274 e.